The second-order valence-electron chi connectivity index (χ2n) is 7.25. The van der Waals surface area contributed by atoms with Crippen molar-refractivity contribution in [1.29, 1.82) is 0 Å². The van der Waals surface area contributed by atoms with Gasteiger partial charge in [0.1, 0.15) is 5.76 Å². The lowest BCUT2D eigenvalue weighted by atomic mass is 9.95. The van der Waals surface area contributed by atoms with Gasteiger partial charge in [0.2, 0.25) is 0 Å². The molecule has 1 aliphatic rings. The first-order valence-electron chi connectivity index (χ1n) is 9.60. The molecule has 1 atom stereocenters. The highest BCUT2D eigenvalue weighted by molar-refractivity contribution is 7.16. The zero-order valence-electron chi connectivity index (χ0n) is 17.4. The maximum absolute atomic E-state index is 13.1. The highest BCUT2D eigenvalue weighted by Gasteiger charge is 2.48. The van der Waals surface area contributed by atoms with Gasteiger partial charge in [0.25, 0.3) is 5.78 Å². The number of Topliss-reactive ketones (excluding diaryl/α,β-unsaturated/α-hetero) is 1. The van der Waals surface area contributed by atoms with Crippen molar-refractivity contribution in [3.63, 3.8) is 0 Å². The van der Waals surface area contributed by atoms with Crippen LogP contribution in [0.15, 0.2) is 48.0 Å². The number of rotatable bonds is 4. The number of carbonyl (C=O) groups excluding carboxylic acids is 2. The molecular formula is C23H19ClN2O5S. The van der Waals surface area contributed by atoms with Crippen LogP contribution < -0.4 is 9.64 Å². The Morgan fingerprint density at radius 1 is 1.16 bits per heavy atom. The number of hydrogen-bond acceptors (Lipinski definition) is 7. The van der Waals surface area contributed by atoms with Crippen molar-refractivity contribution in [3.8, 4) is 11.5 Å². The predicted molar refractivity (Wildman–Crippen MR) is 122 cm³/mol. The van der Waals surface area contributed by atoms with E-state index in [-0.39, 0.29) is 22.8 Å². The molecule has 9 heteroatoms. The minimum Gasteiger partial charge on any atom is -0.507 e. The molecule has 4 rings (SSSR count). The van der Waals surface area contributed by atoms with Crippen LogP contribution in [0.1, 0.15) is 27.7 Å². The van der Waals surface area contributed by atoms with Crippen LogP contribution in [-0.2, 0) is 9.59 Å². The number of aliphatic hydroxyl groups is 1. The van der Waals surface area contributed by atoms with E-state index in [1.807, 2.05) is 13.8 Å². The minimum absolute atomic E-state index is 0.0874. The van der Waals surface area contributed by atoms with E-state index in [0.717, 1.165) is 10.6 Å². The van der Waals surface area contributed by atoms with Crippen LogP contribution >= 0.6 is 22.9 Å². The van der Waals surface area contributed by atoms with E-state index in [1.54, 1.807) is 30.3 Å². The fraction of sp³-hybridized carbons (Fsp3) is 0.174. The van der Waals surface area contributed by atoms with E-state index < -0.39 is 17.7 Å². The molecule has 1 fully saturated rings. The number of anilines is 1. The number of carbonyl (C=O) groups is 2. The molecule has 1 aromatic heterocycles. The van der Waals surface area contributed by atoms with Crippen molar-refractivity contribution < 1.29 is 24.5 Å². The zero-order valence-corrected chi connectivity index (χ0v) is 19.0. The van der Waals surface area contributed by atoms with Crippen molar-refractivity contribution in [2.24, 2.45) is 0 Å². The number of phenolic OH excluding ortho intramolecular Hbond substituents is 1. The van der Waals surface area contributed by atoms with Gasteiger partial charge in [-0.3, -0.25) is 14.5 Å². The van der Waals surface area contributed by atoms with Gasteiger partial charge in [-0.2, -0.15) is 0 Å². The quantitative estimate of drug-likeness (QED) is 0.324. The summed E-state index contributed by atoms with van der Waals surface area (Å²) >= 11 is 7.23. The average Bonchev–Trinajstić information content (AvgIpc) is 3.24. The number of aryl methyl sites for hydroxylation is 2. The van der Waals surface area contributed by atoms with Gasteiger partial charge in [-0.15, -0.1) is 11.3 Å². The Hall–Kier alpha value is -3.36. The van der Waals surface area contributed by atoms with Gasteiger partial charge in [-0.1, -0.05) is 17.7 Å². The maximum Gasteiger partial charge on any atom is 0.301 e. The second kappa shape index (κ2) is 8.29. The van der Waals surface area contributed by atoms with E-state index in [1.165, 1.54) is 35.5 Å². The van der Waals surface area contributed by atoms with Crippen LogP contribution in [0.2, 0.25) is 5.02 Å². The third-order valence-electron chi connectivity index (χ3n) is 5.30. The Kier molecular flexibility index (Phi) is 5.66. The van der Waals surface area contributed by atoms with Crippen LogP contribution in [0.25, 0.3) is 5.76 Å². The molecule has 0 aliphatic carbocycles. The number of methoxy groups -OCH3 is 1. The van der Waals surface area contributed by atoms with Gasteiger partial charge in [0.05, 0.1) is 24.4 Å². The topological polar surface area (TPSA) is 100.0 Å². The Balaban J connectivity index is 1.97. The van der Waals surface area contributed by atoms with Crippen LogP contribution in [0.4, 0.5) is 5.13 Å². The smallest absolute Gasteiger partial charge is 0.301 e. The number of aliphatic hydroxyl groups excluding tert-OH is 1. The fourth-order valence-electron chi connectivity index (χ4n) is 3.53. The number of ketones is 1. The zero-order chi connectivity index (χ0) is 23.2. The van der Waals surface area contributed by atoms with Gasteiger partial charge in [0.15, 0.2) is 16.6 Å². The van der Waals surface area contributed by atoms with Gasteiger partial charge < -0.3 is 14.9 Å². The molecular weight excluding hydrogens is 452 g/mol. The number of aromatic nitrogens is 1. The molecule has 0 unspecified atom stereocenters. The third-order valence-corrected chi connectivity index (χ3v) is 6.63. The van der Waals surface area contributed by atoms with Crippen LogP contribution in [-0.4, -0.2) is 34.0 Å². The van der Waals surface area contributed by atoms with Crippen molar-refractivity contribution in [2.75, 3.05) is 12.0 Å². The van der Waals surface area contributed by atoms with E-state index in [9.17, 15) is 19.8 Å². The van der Waals surface area contributed by atoms with E-state index in [4.69, 9.17) is 16.3 Å². The highest BCUT2D eigenvalue weighted by atomic mass is 35.5. The molecule has 32 heavy (non-hydrogen) atoms. The monoisotopic (exact) mass is 470 g/mol. The Morgan fingerprint density at radius 2 is 1.84 bits per heavy atom. The first-order chi connectivity index (χ1) is 15.2. The summed E-state index contributed by atoms with van der Waals surface area (Å²) in [5.41, 5.74) is 1.47. The third kappa shape index (κ3) is 3.61. The number of aromatic hydroxyl groups is 1. The lowest BCUT2D eigenvalue weighted by Crippen LogP contribution is -2.29. The number of phenols is 1. The predicted octanol–water partition coefficient (Wildman–Crippen LogP) is 4.75. The van der Waals surface area contributed by atoms with Gasteiger partial charge in [-0.05, 0) is 55.8 Å². The minimum atomic E-state index is -0.967. The van der Waals surface area contributed by atoms with Crippen molar-refractivity contribution in [1.82, 2.24) is 4.98 Å². The number of thiazole rings is 1. The Labute approximate surface area is 193 Å². The van der Waals surface area contributed by atoms with Crippen LogP contribution in [0.5, 0.6) is 11.5 Å². The van der Waals surface area contributed by atoms with Crippen LogP contribution in [0.3, 0.4) is 0 Å². The molecule has 7 nitrogen and oxygen atoms in total. The lowest BCUT2D eigenvalue weighted by molar-refractivity contribution is -0.132. The van der Waals surface area contributed by atoms with Gasteiger partial charge in [-0.25, -0.2) is 4.98 Å². The van der Waals surface area contributed by atoms with Crippen molar-refractivity contribution >= 4 is 45.5 Å². The molecule has 0 bridgehead atoms. The summed E-state index contributed by atoms with van der Waals surface area (Å²) in [5, 5.41) is 21.9. The lowest BCUT2D eigenvalue weighted by Gasteiger charge is -2.23. The standard InChI is InChI=1S/C23H19ClN2O5S/c1-11-12(2)32-23(25-11)26-19(14-6-9-16(27)17(10-14)31-3)18(21(29)22(26)30)20(28)13-4-7-15(24)8-5-13/h4-10,19,27-28H,1-3H3/t19-/m1/s1. The molecule has 2 heterocycles. The summed E-state index contributed by atoms with van der Waals surface area (Å²) in [6.45, 7) is 3.69. The number of benzene rings is 2. The van der Waals surface area contributed by atoms with Gasteiger partial charge >= 0.3 is 5.91 Å². The molecule has 1 amide bonds. The molecule has 2 N–H and O–H groups in total. The molecule has 0 spiro atoms. The van der Waals surface area contributed by atoms with E-state index in [0.29, 0.717) is 21.3 Å². The molecule has 164 valence electrons. The van der Waals surface area contributed by atoms with Crippen molar-refractivity contribution in [2.45, 2.75) is 19.9 Å². The summed E-state index contributed by atoms with van der Waals surface area (Å²) in [5.74, 6) is -1.88. The molecule has 1 saturated heterocycles. The first-order valence-corrected chi connectivity index (χ1v) is 10.8. The molecule has 2 aromatic carbocycles. The fourth-order valence-corrected chi connectivity index (χ4v) is 4.59. The number of nitrogens with zero attached hydrogens (tertiary/aromatic N) is 2. The summed E-state index contributed by atoms with van der Waals surface area (Å²) in [4.78, 5) is 32.9. The average molecular weight is 471 g/mol. The first kappa shape index (κ1) is 21.9. The van der Waals surface area contributed by atoms with Crippen molar-refractivity contribution in [3.05, 3.63) is 74.8 Å². The van der Waals surface area contributed by atoms with Crippen LogP contribution in [0, 0.1) is 13.8 Å². The maximum atomic E-state index is 13.1. The number of halogens is 1. The molecule has 1 aliphatic heterocycles. The normalized spacial score (nSPS) is 17.8. The SMILES string of the molecule is COc1cc([C@@H]2C(=C(O)c3ccc(Cl)cc3)C(=O)C(=O)N2c2nc(C)c(C)s2)ccc1O. The summed E-state index contributed by atoms with van der Waals surface area (Å²) in [7, 11) is 1.40. The number of hydrogen-bond donors (Lipinski definition) is 2. The number of ether oxygens (including phenoxy) is 1. The highest BCUT2D eigenvalue weighted by Crippen LogP contribution is 2.45. The molecule has 0 saturated carbocycles. The summed E-state index contributed by atoms with van der Waals surface area (Å²) in [6.07, 6.45) is 0. The van der Waals surface area contributed by atoms with E-state index >= 15 is 0 Å². The number of amides is 1. The molecule has 0 radical (unpaired) electrons. The Bertz CT molecular complexity index is 1250. The Morgan fingerprint density at radius 3 is 2.44 bits per heavy atom. The second-order valence-corrected chi connectivity index (χ2v) is 8.86. The summed E-state index contributed by atoms with van der Waals surface area (Å²) < 4.78 is 5.21. The van der Waals surface area contributed by atoms with E-state index in [2.05, 4.69) is 4.98 Å². The summed E-state index contributed by atoms with van der Waals surface area (Å²) in [6, 6.07) is 9.84. The largest absolute Gasteiger partial charge is 0.507 e. The molecule has 3 aromatic rings. The van der Waals surface area contributed by atoms with Gasteiger partial charge in [0, 0.05) is 15.5 Å².